The van der Waals surface area contributed by atoms with E-state index in [0.29, 0.717) is 25.6 Å². The summed E-state index contributed by atoms with van der Waals surface area (Å²) in [6.45, 7) is 7.56. The molecule has 114 valence electrons. The normalized spacial score (nSPS) is 14.5. The number of amides is 2. The number of rotatable bonds is 5. The van der Waals surface area contributed by atoms with Crippen molar-refractivity contribution in [1.82, 2.24) is 4.90 Å². The van der Waals surface area contributed by atoms with E-state index in [1.54, 1.807) is 4.90 Å². The van der Waals surface area contributed by atoms with E-state index in [1.165, 1.54) is 0 Å². The highest BCUT2D eigenvalue weighted by atomic mass is 16.6. The molecule has 1 saturated heterocycles. The molecule has 5 heteroatoms. The minimum absolute atomic E-state index is 0.0779. The molecule has 21 heavy (non-hydrogen) atoms. The second kappa shape index (κ2) is 6.61. The number of cyclic esters (lactones) is 1. The number of aryl methyl sites for hydroxylation is 1. The van der Waals surface area contributed by atoms with Crippen LogP contribution in [0.1, 0.15) is 37.3 Å². The molecule has 1 fully saturated rings. The molecule has 0 aromatic heterocycles. The fourth-order valence-corrected chi connectivity index (χ4v) is 2.41. The standard InChI is InChI=1S/C16H22N2O3/c1-11(2)13-6-4-5-12(3)15(13)17-14(19)7-8-18-9-10-21-16(18)20/h4-6,11H,7-10H2,1-3H3,(H,17,19). The first kappa shape index (κ1) is 15.4. The van der Waals surface area contributed by atoms with Crippen molar-refractivity contribution in [3.8, 4) is 0 Å². The molecule has 5 nitrogen and oxygen atoms in total. The van der Waals surface area contributed by atoms with Crippen LogP contribution in [0.5, 0.6) is 0 Å². The molecule has 1 aromatic carbocycles. The van der Waals surface area contributed by atoms with Gasteiger partial charge in [-0.25, -0.2) is 4.79 Å². The Morgan fingerprint density at radius 3 is 2.81 bits per heavy atom. The molecule has 2 amide bonds. The Balaban J connectivity index is 1.98. The van der Waals surface area contributed by atoms with Crippen LogP contribution in [0.3, 0.4) is 0 Å². The minimum Gasteiger partial charge on any atom is -0.448 e. The molecule has 0 aliphatic carbocycles. The van der Waals surface area contributed by atoms with Crippen molar-refractivity contribution in [3.05, 3.63) is 29.3 Å². The number of anilines is 1. The zero-order chi connectivity index (χ0) is 15.4. The van der Waals surface area contributed by atoms with Gasteiger partial charge in [-0.3, -0.25) is 4.79 Å². The SMILES string of the molecule is Cc1cccc(C(C)C)c1NC(=O)CCN1CCOC1=O. The van der Waals surface area contributed by atoms with E-state index in [9.17, 15) is 9.59 Å². The van der Waals surface area contributed by atoms with Crippen LogP contribution >= 0.6 is 0 Å². The van der Waals surface area contributed by atoms with Gasteiger partial charge in [-0.15, -0.1) is 0 Å². The van der Waals surface area contributed by atoms with E-state index in [4.69, 9.17) is 4.74 Å². The molecule has 1 heterocycles. The number of carbonyl (C=O) groups excluding carboxylic acids is 2. The van der Waals surface area contributed by atoms with Gasteiger partial charge in [-0.1, -0.05) is 32.0 Å². The number of hydrogen-bond donors (Lipinski definition) is 1. The van der Waals surface area contributed by atoms with E-state index >= 15 is 0 Å². The van der Waals surface area contributed by atoms with Gasteiger partial charge in [-0.05, 0) is 24.0 Å². The van der Waals surface area contributed by atoms with Gasteiger partial charge in [0.2, 0.25) is 5.91 Å². The topological polar surface area (TPSA) is 58.6 Å². The van der Waals surface area contributed by atoms with Gasteiger partial charge < -0.3 is 15.0 Å². The lowest BCUT2D eigenvalue weighted by atomic mass is 9.98. The largest absolute Gasteiger partial charge is 0.448 e. The first-order valence-electron chi connectivity index (χ1n) is 7.30. The van der Waals surface area contributed by atoms with Crippen molar-refractivity contribution in [2.24, 2.45) is 0 Å². The van der Waals surface area contributed by atoms with Crippen LogP contribution in [0, 0.1) is 6.92 Å². The molecule has 2 rings (SSSR count). The Hall–Kier alpha value is -2.04. The molecular formula is C16H22N2O3. The van der Waals surface area contributed by atoms with Crippen LogP contribution in [-0.2, 0) is 9.53 Å². The summed E-state index contributed by atoms with van der Waals surface area (Å²) in [4.78, 5) is 25.0. The highest BCUT2D eigenvalue weighted by Crippen LogP contribution is 2.27. The van der Waals surface area contributed by atoms with Gasteiger partial charge in [0, 0.05) is 18.7 Å². The minimum atomic E-state index is -0.332. The quantitative estimate of drug-likeness (QED) is 0.907. The van der Waals surface area contributed by atoms with Crippen LogP contribution < -0.4 is 5.32 Å². The summed E-state index contributed by atoms with van der Waals surface area (Å²) in [7, 11) is 0. The lowest BCUT2D eigenvalue weighted by molar-refractivity contribution is -0.116. The smallest absolute Gasteiger partial charge is 0.409 e. The molecule has 1 aliphatic rings. The second-order valence-electron chi connectivity index (χ2n) is 5.59. The average molecular weight is 290 g/mol. The van der Waals surface area contributed by atoms with Gasteiger partial charge in [-0.2, -0.15) is 0 Å². The monoisotopic (exact) mass is 290 g/mol. The van der Waals surface area contributed by atoms with Crippen molar-refractivity contribution >= 4 is 17.7 Å². The summed E-state index contributed by atoms with van der Waals surface area (Å²) in [5.74, 6) is 0.264. The number of carbonyl (C=O) groups is 2. The summed E-state index contributed by atoms with van der Waals surface area (Å²) in [6.07, 6.45) is -0.0531. The van der Waals surface area contributed by atoms with E-state index in [0.717, 1.165) is 16.8 Å². The van der Waals surface area contributed by atoms with Gasteiger partial charge in [0.15, 0.2) is 0 Å². The highest BCUT2D eigenvalue weighted by Gasteiger charge is 2.22. The maximum atomic E-state index is 12.1. The van der Waals surface area contributed by atoms with E-state index in [-0.39, 0.29) is 18.4 Å². The van der Waals surface area contributed by atoms with Crippen molar-refractivity contribution in [2.75, 3.05) is 25.0 Å². The number of hydrogen-bond acceptors (Lipinski definition) is 3. The number of benzene rings is 1. The first-order chi connectivity index (χ1) is 9.99. The summed E-state index contributed by atoms with van der Waals surface area (Å²) in [5, 5.41) is 2.98. The van der Waals surface area contributed by atoms with Crippen LogP contribution in [-0.4, -0.2) is 36.6 Å². The zero-order valence-electron chi connectivity index (χ0n) is 12.8. The second-order valence-corrected chi connectivity index (χ2v) is 5.59. The Kier molecular flexibility index (Phi) is 4.83. The molecule has 0 saturated carbocycles. The molecule has 1 N–H and O–H groups in total. The molecule has 0 unspecified atom stereocenters. The van der Waals surface area contributed by atoms with E-state index in [2.05, 4.69) is 19.2 Å². The Morgan fingerprint density at radius 1 is 1.43 bits per heavy atom. The Morgan fingerprint density at radius 2 is 2.19 bits per heavy atom. The van der Waals surface area contributed by atoms with Gasteiger partial charge in [0.25, 0.3) is 0 Å². The molecule has 0 bridgehead atoms. The Labute approximate surface area is 125 Å². The van der Waals surface area contributed by atoms with Gasteiger partial charge in [0.05, 0.1) is 6.54 Å². The highest BCUT2D eigenvalue weighted by molar-refractivity contribution is 5.92. The zero-order valence-corrected chi connectivity index (χ0v) is 12.8. The van der Waals surface area contributed by atoms with Gasteiger partial charge >= 0.3 is 6.09 Å². The summed E-state index contributed by atoms with van der Waals surface area (Å²) >= 11 is 0. The molecule has 0 atom stereocenters. The fourth-order valence-electron chi connectivity index (χ4n) is 2.41. The third-order valence-electron chi connectivity index (χ3n) is 3.65. The van der Waals surface area contributed by atoms with Crippen molar-refractivity contribution < 1.29 is 14.3 Å². The fraction of sp³-hybridized carbons (Fsp3) is 0.500. The Bertz CT molecular complexity index is 540. The average Bonchev–Trinajstić information content (AvgIpc) is 2.84. The molecule has 1 aliphatic heterocycles. The van der Waals surface area contributed by atoms with Crippen LogP contribution in [0.25, 0.3) is 0 Å². The third kappa shape index (κ3) is 3.74. The maximum Gasteiger partial charge on any atom is 0.409 e. The number of nitrogens with one attached hydrogen (secondary N) is 1. The summed E-state index contributed by atoms with van der Waals surface area (Å²) in [5.41, 5.74) is 3.07. The third-order valence-corrected chi connectivity index (χ3v) is 3.65. The molecule has 1 aromatic rings. The van der Waals surface area contributed by atoms with Crippen molar-refractivity contribution in [1.29, 1.82) is 0 Å². The molecular weight excluding hydrogens is 268 g/mol. The molecule has 0 radical (unpaired) electrons. The maximum absolute atomic E-state index is 12.1. The van der Waals surface area contributed by atoms with E-state index in [1.807, 2.05) is 25.1 Å². The van der Waals surface area contributed by atoms with Crippen LogP contribution in [0.4, 0.5) is 10.5 Å². The predicted molar refractivity (Wildman–Crippen MR) is 81.4 cm³/mol. The summed E-state index contributed by atoms with van der Waals surface area (Å²) in [6, 6.07) is 6.02. The predicted octanol–water partition coefficient (Wildman–Crippen LogP) is 2.90. The lowest BCUT2D eigenvalue weighted by Crippen LogP contribution is -2.28. The van der Waals surface area contributed by atoms with E-state index < -0.39 is 0 Å². The number of nitrogens with zero attached hydrogens (tertiary/aromatic N) is 1. The van der Waals surface area contributed by atoms with Crippen LogP contribution in [0.2, 0.25) is 0 Å². The molecule has 0 spiro atoms. The van der Waals surface area contributed by atoms with Gasteiger partial charge in [0.1, 0.15) is 6.61 Å². The van der Waals surface area contributed by atoms with Crippen molar-refractivity contribution in [3.63, 3.8) is 0 Å². The number of para-hydroxylation sites is 1. The lowest BCUT2D eigenvalue weighted by Gasteiger charge is -2.17. The van der Waals surface area contributed by atoms with Crippen molar-refractivity contribution in [2.45, 2.75) is 33.1 Å². The number of ether oxygens (including phenoxy) is 1. The van der Waals surface area contributed by atoms with Crippen LogP contribution in [0.15, 0.2) is 18.2 Å². The first-order valence-corrected chi connectivity index (χ1v) is 7.30. The summed E-state index contributed by atoms with van der Waals surface area (Å²) < 4.78 is 4.84.